The van der Waals surface area contributed by atoms with Crippen molar-refractivity contribution in [1.29, 1.82) is 0 Å². The maximum atomic E-state index is 12.3. The van der Waals surface area contributed by atoms with Crippen LogP contribution in [0.15, 0.2) is 59.3 Å². The molecule has 1 amide bonds. The highest BCUT2D eigenvalue weighted by Crippen LogP contribution is 2.25. The number of aromatic nitrogens is 1. The molecule has 1 aromatic carbocycles. The topological polar surface area (TPSA) is 55.1 Å². The molecule has 1 N–H and O–H groups in total. The van der Waals surface area contributed by atoms with Crippen molar-refractivity contribution in [3.8, 4) is 11.3 Å². The molecule has 0 aliphatic carbocycles. The molecule has 3 aromatic rings. The summed E-state index contributed by atoms with van der Waals surface area (Å²) >= 11 is 0. The predicted molar refractivity (Wildman–Crippen MR) is 89.0 cm³/mol. The highest BCUT2D eigenvalue weighted by Gasteiger charge is 2.15. The second-order valence-corrected chi connectivity index (χ2v) is 5.49. The van der Waals surface area contributed by atoms with Gasteiger partial charge in [0.25, 0.3) is 5.91 Å². The molecule has 0 saturated carbocycles. The van der Waals surface area contributed by atoms with Crippen LogP contribution in [-0.4, -0.2) is 10.9 Å². The van der Waals surface area contributed by atoms with Crippen molar-refractivity contribution in [1.82, 2.24) is 10.3 Å². The Kier molecular flexibility index (Phi) is 4.24. The van der Waals surface area contributed by atoms with E-state index in [0.717, 1.165) is 11.1 Å². The fraction of sp³-hybridized carbons (Fsp3) is 0.158. The number of nitrogens with zero attached hydrogens (tertiary/aromatic N) is 1. The van der Waals surface area contributed by atoms with Crippen molar-refractivity contribution in [3.05, 3.63) is 77.3 Å². The van der Waals surface area contributed by atoms with Crippen LogP contribution in [0.5, 0.6) is 0 Å². The van der Waals surface area contributed by atoms with Gasteiger partial charge in [-0.15, -0.1) is 0 Å². The standard InChI is InChI=1S/C19H18N2O2/c1-13-5-7-16(8-6-13)18-10-17(14(2)23-18)19(22)21-12-15-4-3-9-20-11-15/h3-11H,12H2,1-2H3,(H,21,22). The molecule has 2 aromatic heterocycles. The van der Waals surface area contributed by atoms with Gasteiger partial charge >= 0.3 is 0 Å². The first-order valence-electron chi connectivity index (χ1n) is 7.48. The number of carbonyl (C=O) groups excluding carboxylic acids is 1. The van der Waals surface area contributed by atoms with Gasteiger partial charge in [0.1, 0.15) is 11.5 Å². The van der Waals surface area contributed by atoms with Crippen LogP contribution < -0.4 is 5.32 Å². The summed E-state index contributed by atoms with van der Waals surface area (Å²) in [7, 11) is 0. The minimum Gasteiger partial charge on any atom is -0.461 e. The molecule has 0 spiro atoms. The van der Waals surface area contributed by atoms with E-state index in [1.807, 2.05) is 43.3 Å². The van der Waals surface area contributed by atoms with Gasteiger partial charge < -0.3 is 9.73 Å². The van der Waals surface area contributed by atoms with Gasteiger partial charge in [-0.1, -0.05) is 35.9 Å². The molecule has 0 radical (unpaired) electrons. The van der Waals surface area contributed by atoms with Crippen LogP contribution in [0.25, 0.3) is 11.3 Å². The van der Waals surface area contributed by atoms with E-state index in [9.17, 15) is 4.79 Å². The van der Waals surface area contributed by atoms with Gasteiger partial charge in [0.2, 0.25) is 0 Å². The Morgan fingerprint density at radius 1 is 1.17 bits per heavy atom. The van der Waals surface area contributed by atoms with Crippen LogP contribution in [0.2, 0.25) is 0 Å². The monoisotopic (exact) mass is 306 g/mol. The molecule has 4 nitrogen and oxygen atoms in total. The lowest BCUT2D eigenvalue weighted by atomic mass is 10.1. The lowest BCUT2D eigenvalue weighted by Gasteiger charge is -2.03. The first kappa shape index (κ1) is 15.0. The zero-order valence-corrected chi connectivity index (χ0v) is 13.2. The Morgan fingerprint density at radius 2 is 1.96 bits per heavy atom. The van der Waals surface area contributed by atoms with E-state index in [4.69, 9.17) is 4.42 Å². The number of pyridine rings is 1. The van der Waals surface area contributed by atoms with Crippen molar-refractivity contribution in [2.24, 2.45) is 0 Å². The van der Waals surface area contributed by atoms with Crippen molar-refractivity contribution >= 4 is 5.91 Å². The molecular weight excluding hydrogens is 288 g/mol. The number of hydrogen-bond acceptors (Lipinski definition) is 3. The van der Waals surface area contributed by atoms with E-state index >= 15 is 0 Å². The molecule has 0 unspecified atom stereocenters. The lowest BCUT2D eigenvalue weighted by molar-refractivity contribution is 0.0949. The molecule has 116 valence electrons. The smallest absolute Gasteiger partial charge is 0.255 e. The van der Waals surface area contributed by atoms with Crippen molar-refractivity contribution in [2.45, 2.75) is 20.4 Å². The van der Waals surface area contributed by atoms with Gasteiger partial charge in [0.05, 0.1) is 5.56 Å². The van der Waals surface area contributed by atoms with Gasteiger partial charge in [-0.3, -0.25) is 9.78 Å². The minimum absolute atomic E-state index is 0.145. The maximum Gasteiger partial charge on any atom is 0.255 e. The molecule has 0 bridgehead atoms. The number of amides is 1. The SMILES string of the molecule is Cc1ccc(-c2cc(C(=O)NCc3cccnc3)c(C)o2)cc1. The summed E-state index contributed by atoms with van der Waals surface area (Å²) < 4.78 is 5.74. The second-order valence-electron chi connectivity index (χ2n) is 5.49. The summed E-state index contributed by atoms with van der Waals surface area (Å²) in [5.74, 6) is 1.17. The van der Waals surface area contributed by atoms with Crippen LogP contribution in [-0.2, 0) is 6.54 Å². The fourth-order valence-corrected chi connectivity index (χ4v) is 2.35. The normalized spacial score (nSPS) is 10.5. The molecule has 23 heavy (non-hydrogen) atoms. The van der Waals surface area contributed by atoms with E-state index < -0.39 is 0 Å². The molecule has 0 atom stereocenters. The summed E-state index contributed by atoms with van der Waals surface area (Å²) in [4.78, 5) is 16.4. The number of carbonyl (C=O) groups is 1. The van der Waals surface area contributed by atoms with E-state index in [2.05, 4.69) is 10.3 Å². The summed E-state index contributed by atoms with van der Waals surface area (Å²) in [5.41, 5.74) is 3.67. The Labute approximate surface area is 135 Å². The van der Waals surface area contributed by atoms with Crippen LogP contribution in [0, 0.1) is 13.8 Å². The van der Waals surface area contributed by atoms with Gasteiger partial charge in [0, 0.05) is 24.5 Å². The van der Waals surface area contributed by atoms with Crippen LogP contribution in [0.4, 0.5) is 0 Å². The molecule has 0 aliphatic heterocycles. The molecule has 2 heterocycles. The Morgan fingerprint density at radius 3 is 2.65 bits per heavy atom. The highest BCUT2D eigenvalue weighted by molar-refractivity contribution is 5.96. The first-order chi connectivity index (χ1) is 11.1. The number of hydrogen-bond donors (Lipinski definition) is 1. The van der Waals surface area contributed by atoms with Gasteiger partial charge in [-0.2, -0.15) is 0 Å². The molecule has 3 rings (SSSR count). The van der Waals surface area contributed by atoms with E-state index in [0.29, 0.717) is 23.6 Å². The third-order valence-electron chi connectivity index (χ3n) is 3.67. The third kappa shape index (κ3) is 3.48. The second kappa shape index (κ2) is 6.48. The average Bonchev–Trinajstić information content (AvgIpc) is 2.96. The number of aryl methyl sites for hydroxylation is 2. The minimum atomic E-state index is -0.145. The first-order valence-corrected chi connectivity index (χ1v) is 7.48. The van der Waals surface area contributed by atoms with Gasteiger partial charge in [0.15, 0.2) is 0 Å². The predicted octanol–water partition coefficient (Wildman–Crippen LogP) is 3.89. The molecule has 0 saturated heterocycles. The van der Waals surface area contributed by atoms with Crippen molar-refractivity contribution < 1.29 is 9.21 Å². The lowest BCUT2D eigenvalue weighted by Crippen LogP contribution is -2.22. The fourth-order valence-electron chi connectivity index (χ4n) is 2.35. The van der Waals surface area contributed by atoms with Gasteiger partial charge in [-0.05, 0) is 31.5 Å². The van der Waals surface area contributed by atoms with Crippen LogP contribution >= 0.6 is 0 Å². The summed E-state index contributed by atoms with van der Waals surface area (Å²) in [6, 6.07) is 13.6. The quantitative estimate of drug-likeness (QED) is 0.795. The molecule has 4 heteroatoms. The van der Waals surface area contributed by atoms with E-state index in [1.54, 1.807) is 25.4 Å². The molecular formula is C19H18N2O2. The summed E-state index contributed by atoms with van der Waals surface area (Å²) in [5, 5.41) is 2.89. The summed E-state index contributed by atoms with van der Waals surface area (Å²) in [6.07, 6.45) is 3.44. The number of nitrogens with one attached hydrogen (secondary N) is 1. The largest absolute Gasteiger partial charge is 0.461 e. The summed E-state index contributed by atoms with van der Waals surface area (Å²) in [6.45, 7) is 4.28. The van der Waals surface area contributed by atoms with Crippen molar-refractivity contribution in [3.63, 3.8) is 0 Å². The van der Waals surface area contributed by atoms with Crippen molar-refractivity contribution in [2.75, 3.05) is 0 Å². The van der Waals surface area contributed by atoms with Crippen LogP contribution in [0.3, 0.4) is 0 Å². The Bertz CT molecular complexity index is 805. The highest BCUT2D eigenvalue weighted by atomic mass is 16.3. The number of benzene rings is 1. The zero-order valence-electron chi connectivity index (χ0n) is 13.2. The molecule has 0 fully saturated rings. The van der Waals surface area contributed by atoms with E-state index in [1.165, 1.54) is 5.56 Å². The Balaban J connectivity index is 1.75. The average molecular weight is 306 g/mol. The number of rotatable bonds is 4. The number of furan rings is 1. The third-order valence-corrected chi connectivity index (χ3v) is 3.67. The van der Waals surface area contributed by atoms with Crippen LogP contribution in [0.1, 0.15) is 27.2 Å². The van der Waals surface area contributed by atoms with Gasteiger partial charge in [-0.25, -0.2) is 0 Å². The molecule has 0 aliphatic rings. The zero-order chi connectivity index (χ0) is 16.2. The maximum absolute atomic E-state index is 12.3. The Hall–Kier alpha value is -2.88. The van der Waals surface area contributed by atoms with E-state index in [-0.39, 0.29) is 5.91 Å².